The maximum Gasteiger partial charge on any atom is 0.240 e. The van der Waals surface area contributed by atoms with Crippen molar-refractivity contribution in [3.63, 3.8) is 0 Å². The predicted octanol–water partition coefficient (Wildman–Crippen LogP) is 3.49. The molecule has 0 unspecified atom stereocenters. The van der Waals surface area contributed by atoms with E-state index in [9.17, 15) is 18.0 Å². The Morgan fingerprint density at radius 3 is 1.97 bits per heavy atom. The maximum atomic E-state index is 12.6. The molecular weight excluding hydrogens is 447 g/mol. The molecule has 30 heavy (non-hydrogen) atoms. The molecule has 0 spiro atoms. The summed E-state index contributed by atoms with van der Waals surface area (Å²) in [5, 5.41) is 11.7. The van der Waals surface area contributed by atoms with Crippen LogP contribution in [-0.2, 0) is 32.3 Å². The van der Waals surface area contributed by atoms with Crippen molar-refractivity contribution < 1.29 is 18.0 Å². The minimum atomic E-state index is -3.53. The third kappa shape index (κ3) is 8.65. The van der Waals surface area contributed by atoms with E-state index in [1.165, 1.54) is 0 Å². The summed E-state index contributed by atoms with van der Waals surface area (Å²) >= 11 is 11.8. The van der Waals surface area contributed by atoms with Crippen LogP contribution in [0.15, 0.2) is 48.5 Å². The van der Waals surface area contributed by atoms with Crippen LogP contribution in [0.3, 0.4) is 0 Å². The van der Waals surface area contributed by atoms with E-state index in [0.717, 1.165) is 17.4 Å². The lowest BCUT2D eigenvalue weighted by Crippen LogP contribution is -2.40. The van der Waals surface area contributed by atoms with Crippen LogP contribution in [0, 0.1) is 11.3 Å². The number of carbonyl (C=O) groups is 2. The molecule has 0 aliphatic rings. The van der Waals surface area contributed by atoms with E-state index in [2.05, 4.69) is 5.32 Å². The highest BCUT2D eigenvalue weighted by molar-refractivity contribution is 7.91. The van der Waals surface area contributed by atoms with Gasteiger partial charge in [0, 0.05) is 35.1 Å². The molecule has 0 fully saturated rings. The first-order chi connectivity index (χ1) is 14.0. The normalized spacial score (nSPS) is 12.2. The van der Waals surface area contributed by atoms with E-state index in [4.69, 9.17) is 28.6 Å². The zero-order valence-corrected chi connectivity index (χ0v) is 18.7. The second-order valence-corrected chi connectivity index (χ2v) is 10.1. The number of carbonyl (C=O) groups excluding carboxylic acids is 2. The molecule has 2 aromatic carbocycles. The van der Waals surface area contributed by atoms with Gasteiger partial charge in [0.2, 0.25) is 5.91 Å². The summed E-state index contributed by atoms with van der Waals surface area (Å²) in [6.07, 6.45) is 1.45. The molecule has 0 saturated heterocycles. The fourth-order valence-corrected chi connectivity index (χ4v) is 3.69. The smallest absolute Gasteiger partial charge is 0.240 e. The standard InChI is InChI=1S/C21H22Cl2N2O4S/c1-30(28,29)13-20(27)25-21(24)16(10-14-2-6-17(22)7-3-14)12-19(26)11-15-4-8-18(23)9-5-15/h2-9,16H,10-13H2,1H3,(H2,24,25,27)/t16-/m1/s1. The van der Waals surface area contributed by atoms with Gasteiger partial charge < -0.3 is 5.32 Å². The number of hydrogen-bond acceptors (Lipinski definition) is 5. The van der Waals surface area contributed by atoms with Crippen molar-refractivity contribution in [2.45, 2.75) is 19.3 Å². The van der Waals surface area contributed by atoms with Gasteiger partial charge in [0.15, 0.2) is 9.84 Å². The lowest BCUT2D eigenvalue weighted by molar-refractivity contribution is -0.119. The molecule has 0 heterocycles. The van der Waals surface area contributed by atoms with Crippen LogP contribution < -0.4 is 5.32 Å². The maximum absolute atomic E-state index is 12.6. The zero-order valence-electron chi connectivity index (χ0n) is 16.3. The summed E-state index contributed by atoms with van der Waals surface area (Å²) in [4.78, 5) is 24.5. The highest BCUT2D eigenvalue weighted by Gasteiger charge is 2.22. The summed E-state index contributed by atoms with van der Waals surface area (Å²) in [5.41, 5.74) is 1.63. The SMILES string of the molecule is CS(=O)(=O)CC(=O)NC(=N)[C@@H](CC(=O)Cc1ccc(Cl)cc1)Cc1ccc(Cl)cc1. The first-order valence-electron chi connectivity index (χ1n) is 9.08. The number of Topliss-reactive ketones (excluding diaryl/α,β-unsaturated/α-hetero) is 1. The van der Waals surface area contributed by atoms with Gasteiger partial charge in [-0.15, -0.1) is 0 Å². The molecule has 160 valence electrons. The van der Waals surface area contributed by atoms with Crippen LogP contribution in [0.25, 0.3) is 0 Å². The molecule has 0 bridgehead atoms. The number of halogens is 2. The summed E-state index contributed by atoms with van der Waals surface area (Å²) in [6.45, 7) is 0. The van der Waals surface area contributed by atoms with E-state index in [1.807, 2.05) is 0 Å². The highest BCUT2D eigenvalue weighted by Crippen LogP contribution is 2.18. The van der Waals surface area contributed by atoms with Gasteiger partial charge in [-0.25, -0.2) is 8.42 Å². The fraction of sp³-hybridized carbons (Fsp3) is 0.286. The molecule has 0 radical (unpaired) electrons. The summed E-state index contributed by atoms with van der Waals surface area (Å²) < 4.78 is 22.6. The fourth-order valence-electron chi connectivity index (χ4n) is 2.88. The Hall–Kier alpha value is -2.22. The van der Waals surface area contributed by atoms with Gasteiger partial charge in [-0.3, -0.25) is 15.0 Å². The van der Waals surface area contributed by atoms with E-state index < -0.39 is 27.4 Å². The molecular formula is C21H22Cl2N2O4S. The molecule has 0 aromatic heterocycles. The summed E-state index contributed by atoms with van der Waals surface area (Å²) in [6, 6.07) is 13.9. The average Bonchev–Trinajstić information content (AvgIpc) is 2.63. The molecule has 9 heteroatoms. The summed E-state index contributed by atoms with van der Waals surface area (Å²) in [5.74, 6) is -2.44. The lowest BCUT2D eigenvalue weighted by Gasteiger charge is -2.18. The van der Waals surface area contributed by atoms with Gasteiger partial charge in [-0.1, -0.05) is 47.5 Å². The van der Waals surface area contributed by atoms with E-state index >= 15 is 0 Å². The van der Waals surface area contributed by atoms with Crippen molar-refractivity contribution in [2.24, 2.45) is 5.92 Å². The van der Waals surface area contributed by atoms with Gasteiger partial charge in [-0.2, -0.15) is 0 Å². The third-order valence-electron chi connectivity index (χ3n) is 4.26. The molecule has 2 rings (SSSR count). The number of sulfone groups is 1. The Kier molecular flexibility index (Phi) is 8.58. The zero-order chi connectivity index (χ0) is 22.3. The van der Waals surface area contributed by atoms with Gasteiger partial charge >= 0.3 is 0 Å². The minimum Gasteiger partial charge on any atom is -0.314 e. The Morgan fingerprint density at radius 1 is 0.967 bits per heavy atom. The Balaban J connectivity index is 2.11. The van der Waals surface area contributed by atoms with Crippen LogP contribution in [0.1, 0.15) is 17.5 Å². The molecule has 0 saturated carbocycles. The van der Waals surface area contributed by atoms with Gasteiger partial charge in [0.1, 0.15) is 17.4 Å². The minimum absolute atomic E-state index is 0.0171. The number of nitrogens with one attached hydrogen (secondary N) is 2. The number of hydrogen-bond donors (Lipinski definition) is 2. The number of rotatable bonds is 9. The molecule has 1 amide bonds. The quantitative estimate of drug-likeness (QED) is 0.433. The van der Waals surface area contributed by atoms with Crippen LogP contribution in [0.5, 0.6) is 0 Å². The largest absolute Gasteiger partial charge is 0.314 e. The summed E-state index contributed by atoms with van der Waals surface area (Å²) in [7, 11) is -3.53. The topological polar surface area (TPSA) is 104 Å². The van der Waals surface area contributed by atoms with Crippen LogP contribution >= 0.6 is 23.2 Å². The molecule has 2 N–H and O–H groups in total. The van der Waals surface area contributed by atoms with Crippen molar-refractivity contribution in [3.05, 3.63) is 69.7 Å². The number of amides is 1. The predicted molar refractivity (Wildman–Crippen MR) is 119 cm³/mol. The van der Waals surface area contributed by atoms with Crippen molar-refractivity contribution in [3.8, 4) is 0 Å². The van der Waals surface area contributed by atoms with Crippen molar-refractivity contribution in [2.75, 3.05) is 12.0 Å². The Labute approximate surface area is 186 Å². The van der Waals surface area contributed by atoms with Crippen molar-refractivity contribution in [1.82, 2.24) is 5.32 Å². The second kappa shape index (κ2) is 10.7. The van der Waals surface area contributed by atoms with Crippen LogP contribution in [0.4, 0.5) is 0 Å². The van der Waals surface area contributed by atoms with Gasteiger partial charge in [0.25, 0.3) is 0 Å². The Morgan fingerprint density at radius 2 is 1.47 bits per heavy atom. The third-order valence-corrected chi connectivity index (χ3v) is 5.55. The van der Waals surface area contributed by atoms with Gasteiger partial charge in [0.05, 0.1) is 0 Å². The number of amidine groups is 1. The Bertz CT molecular complexity index is 1020. The van der Waals surface area contributed by atoms with Crippen LogP contribution in [-0.4, -0.2) is 38.0 Å². The first kappa shape index (κ1) is 24.1. The molecule has 6 nitrogen and oxygen atoms in total. The highest BCUT2D eigenvalue weighted by atomic mass is 35.5. The molecule has 2 aromatic rings. The number of ketones is 1. The second-order valence-electron chi connectivity index (χ2n) is 7.11. The molecule has 0 aliphatic heterocycles. The molecule has 0 aliphatic carbocycles. The van der Waals surface area contributed by atoms with E-state index in [-0.39, 0.29) is 24.5 Å². The average molecular weight is 469 g/mol. The van der Waals surface area contributed by atoms with E-state index in [1.54, 1.807) is 48.5 Å². The first-order valence-corrected chi connectivity index (χ1v) is 11.9. The molecule has 1 atom stereocenters. The van der Waals surface area contributed by atoms with Crippen molar-refractivity contribution in [1.29, 1.82) is 5.41 Å². The van der Waals surface area contributed by atoms with Crippen molar-refractivity contribution >= 4 is 50.6 Å². The lowest BCUT2D eigenvalue weighted by atomic mass is 9.91. The monoisotopic (exact) mass is 468 g/mol. The van der Waals surface area contributed by atoms with Gasteiger partial charge in [-0.05, 0) is 41.8 Å². The van der Waals surface area contributed by atoms with Crippen LogP contribution in [0.2, 0.25) is 10.0 Å². The van der Waals surface area contributed by atoms with E-state index in [0.29, 0.717) is 16.5 Å². The number of benzene rings is 2.